The van der Waals surface area contributed by atoms with Gasteiger partial charge >= 0.3 is 0 Å². The molecule has 7 heteroatoms. The number of amides is 1. The van der Waals surface area contributed by atoms with Crippen LogP contribution in [-0.2, 0) is 4.74 Å². The van der Waals surface area contributed by atoms with E-state index in [2.05, 4.69) is 27.2 Å². The number of aryl methyl sites for hydroxylation is 1. The predicted molar refractivity (Wildman–Crippen MR) is 89.6 cm³/mol. The second-order valence-corrected chi connectivity index (χ2v) is 5.96. The van der Waals surface area contributed by atoms with Gasteiger partial charge in [-0.1, -0.05) is 6.08 Å². The summed E-state index contributed by atoms with van der Waals surface area (Å²) in [7, 11) is 1.61. The number of methoxy groups -OCH3 is 1. The van der Waals surface area contributed by atoms with Crippen molar-refractivity contribution < 1.29 is 9.53 Å². The second-order valence-electron chi connectivity index (χ2n) is 4.96. The van der Waals surface area contributed by atoms with Crippen LogP contribution in [0.15, 0.2) is 19.0 Å². The molecule has 1 atom stereocenters. The highest BCUT2D eigenvalue weighted by Gasteiger charge is 2.20. The quantitative estimate of drug-likeness (QED) is 0.766. The number of carbonyl (C=O) groups is 1. The first-order valence-corrected chi connectivity index (χ1v) is 7.78. The Bertz CT molecular complexity index is 683. The van der Waals surface area contributed by atoms with Gasteiger partial charge in [0.25, 0.3) is 5.91 Å². The van der Waals surface area contributed by atoms with E-state index in [9.17, 15) is 4.79 Å². The molecule has 22 heavy (non-hydrogen) atoms. The van der Waals surface area contributed by atoms with Crippen LogP contribution in [0.4, 0.5) is 5.82 Å². The van der Waals surface area contributed by atoms with E-state index in [0.717, 1.165) is 21.6 Å². The van der Waals surface area contributed by atoms with Crippen molar-refractivity contribution >= 4 is 33.3 Å². The number of hydrogen-bond acceptors (Lipinski definition) is 6. The van der Waals surface area contributed by atoms with Crippen LogP contribution in [0.25, 0.3) is 10.2 Å². The topological polar surface area (TPSA) is 76.1 Å². The molecule has 6 nitrogen and oxygen atoms in total. The maximum absolute atomic E-state index is 12.4. The van der Waals surface area contributed by atoms with Crippen LogP contribution in [0.3, 0.4) is 0 Å². The van der Waals surface area contributed by atoms with Gasteiger partial charge in [-0.2, -0.15) is 0 Å². The van der Waals surface area contributed by atoms with Crippen molar-refractivity contribution in [3.8, 4) is 0 Å². The second kappa shape index (κ2) is 7.33. The van der Waals surface area contributed by atoms with Gasteiger partial charge in [0, 0.05) is 19.7 Å². The average Bonchev–Trinajstić information content (AvgIpc) is 2.83. The van der Waals surface area contributed by atoms with Gasteiger partial charge in [-0.05, 0) is 19.4 Å². The lowest BCUT2D eigenvalue weighted by Gasteiger charge is -2.12. The number of thiophene rings is 1. The van der Waals surface area contributed by atoms with Crippen LogP contribution in [0.2, 0.25) is 0 Å². The molecule has 0 radical (unpaired) electrons. The molecule has 2 rings (SSSR count). The summed E-state index contributed by atoms with van der Waals surface area (Å²) in [5.41, 5.74) is 0.884. The summed E-state index contributed by atoms with van der Waals surface area (Å²) in [5.74, 6) is 0.613. The lowest BCUT2D eigenvalue weighted by Crippen LogP contribution is -2.35. The molecule has 0 aromatic carbocycles. The van der Waals surface area contributed by atoms with E-state index in [1.165, 1.54) is 17.7 Å². The van der Waals surface area contributed by atoms with E-state index in [0.29, 0.717) is 18.0 Å². The first kappa shape index (κ1) is 16.4. The molecule has 0 spiro atoms. The van der Waals surface area contributed by atoms with Gasteiger partial charge in [0.1, 0.15) is 17.0 Å². The Kier molecular flexibility index (Phi) is 5.46. The van der Waals surface area contributed by atoms with Crippen LogP contribution in [0.1, 0.15) is 22.2 Å². The molecular weight excluding hydrogens is 300 g/mol. The van der Waals surface area contributed by atoms with Gasteiger partial charge in [-0.15, -0.1) is 17.9 Å². The molecule has 2 aromatic heterocycles. The Morgan fingerprint density at radius 1 is 1.55 bits per heavy atom. The van der Waals surface area contributed by atoms with Crippen molar-refractivity contribution in [2.45, 2.75) is 19.9 Å². The molecule has 118 valence electrons. The minimum atomic E-state index is -0.111. The van der Waals surface area contributed by atoms with E-state index < -0.39 is 0 Å². The Labute approximate surface area is 133 Å². The van der Waals surface area contributed by atoms with Crippen LogP contribution in [-0.4, -0.2) is 42.2 Å². The number of aromatic nitrogens is 2. The highest BCUT2D eigenvalue weighted by atomic mass is 32.1. The largest absolute Gasteiger partial charge is 0.383 e. The van der Waals surface area contributed by atoms with Gasteiger partial charge in [-0.3, -0.25) is 4.79 Å². The number of nitrogens with zero attached hydrogens (tertiary/aromatic N) is 2. The van der Waals surface area contributed by atoms with Crippen molar-refractivity contribution in [2.24, 2.45) is 0 Å². The molecule has 0 bridgehead atoms. The van der Waals surface area contributed by atoms with Crippen LogP contribution in [0.5, 0.6) is 0 Å². The van der Waals surface area contributed by atoms with E-state index >= 15 is 0 Å². The van der Waals surface area contributed by atoms with Gasteiger partial charge in [-0.25, -0.2) is 9.97 Å². The average molecular weight is 320 g/mol. The van der Waals surface area contributed by atoms with E-state index in [4.69, 9.17) is 4.74 Å². The summed E-state index contributed by atoms with van der Waals surface area (Å²) >= 11 is 1.37. The third kappa shape index (κ3) is 3.42. The molecule has 1 amide bonds. The molecule has 0 aliphatic rings. The SMILES string of the molecule is C=CCNc1ncnc2sc(C(=O)NC(C)COC)c(C)c12. The van der Waals surface area contributed by atoms with E-state index in [1.54, 1.807) is 13.2 Å². The normalized spacial score (nSPS) is 12.1. The number of rotatable bonds is 7. The predicted octanol–water partition coefficient (Wildman–Crippen LogP) is 2.36. The lowest BCUT2D eigenvalue weighted by molar-refractivity contribution is 0.0909. The van der Waals surface area contributed by atoms with Gasteiger partial charge in [0.2, 0.25) is 0 Å². The summed E-state index contributed by atoms with van der Waals surface area (Å²) < 4.78 is 5.04. The number of ether oxygens (including phenoxy) is 1. The number of fused-ring (bicyclic) bond motifs is 1. The molecule has 0 fully saturated rings. The Balaban J connectivity index is 2.34. The number of anilines is 1. The smallest absolute Gasteiger partial charge is 0.262 e. The fourth-order valence-electron chi connectivity index (χ4n) is 2.17. The van der Waals surface area contributed by atoms with E-state index in [1.807, 2.05) is 13.8 Å². The standard InChI is InChI=1S/C15H20N4O2S/c1-5-6-16-13-11-10(3)12(22-15(11)18-8-17-13)14(20)19-9(2)7-21-4/h5,8-9H,1,6-7H2,2-4H3,(H,19,20)(H,16,17,18). The van der Waals surface area contributed by atoms with Crippen molar-refractivity contribution in [3.63, 3.8) is 0 Å². The monoisotopic (exact) mass is 320 g/mol. The van der Waals surface area contributed by atoms with Gasteiger partial charge < -0.3 is 15.4 Å². The summed E-state index contributed by atoms with van der Waals surface area (Å²) in [5, 5.41) is 6.99. The molecule has 0 aliphatic heterocycles. The first-order chi connectivity index (χ1) is 10.6. The summed E-state index contributed by atoms with van der Waals surface area (Å²) in [6.45, 7) is 8.58. The Hall–Kier alpha value is -1.99. The maximum Gasteiger partial charge on any atom is 0.262 e. The fourth-order valence-corrected chi connectivity index (χ4v) is 3.22. The summed E-state index contributed by atoms with van der Waals surface area (Å²) in [4.78, 5) is 22.4. The molecule has 1 unspecified atom stereocenters. The zero-order chi connectivity index (χ0) is 16.1. The zero-order valence-electron chi connectivity index (χ0n) is 13.0. The molecule has 0 saturated heterocycles. The minimum absolute atomic E-state index is 0.0495. The highest BCUT2D eigenvalue weighted by molar-refractivity contribution is 7.20. The minimum Gasteiger partial charge on any atom is -0.383 e. The van der Waals surface area contributed by atoms with Crippen molar-refractivity contribution in [1.29, 1.82) is 0 Å². The van der Waals surface area contributed by atoms with Crippen LogP contribution < -0.4 is 10.6 Å². The maximum atomic E-state index is 12.4. The molecule has 0 aliphatic carbocycles. The number of carbonyl (C=O) groups excluding carboxylic acids is 1. The number of nitrogens with one attached hydrogen (secondary N) is 2. The Morgan fingerprint density at radius 3 is 3.00 bits per heavy atom. The van der Waals surface area contributed by atoms with Crippen LogP contribution >= 0.6 is 11.3 Å². The van der Waals surface area contributed by atoms with E-state index in [-0.39, 0.29) is 11.9 Å². The Morgan fingerprint density at radius 2 is 2.32 bits per heavy atom. The highest BCUT2D eigenvalue weighted by Crippen LogP contribution is 2.33. The molecule has 2 heterocycles. The van der Waals surface area contributed by atoms with Crippen molar-refractivity contribution in [1.82, 2.24) is 15.3 Å². The molecular formula is C15H20N4O2S. The van der Waals surface area contributed by atoms with Crippen LogP contribution in [0, 0.1) is 6.92 Å². The third-order valence-corrected chi connectivity index (χ3v) is 4.34. The molecule has 2 aromatic rings. The summed E-state index contributed by atoms with van der Waals surface area (Å²) in [6, 6.07) is -0.0495. The van der Waals surface area contributed by atoms with Crippen molar-refractivity contribution in [3.05, 3.63) is 29.4 Å². The number of hydrogen-bond donors (Lipinski definition) is 2. The van der Waals surface area contributed by atoms with Crippen molar-refractivity contribution in [2.75, 3.05) is 25.6 Å². The fraction of sp³-hybridized carbons (Fsp3) is 0.400. The first-order valence-electron chi connectivity index (χ1n) is 6.97. The van der Waals surface area contributed by atoms with Gasteiger partial charge in [0.05, 0.1) is 16.9 Å². The summed E-state index contributed by atoms with van der Waals surface area (Å²) in [6.07, 6.45) is 3.26. The molecule has 2 N–H and O–H groups in total. The lowest BCUT2D eigenvalue weighted by atomic mass is 10.2. The zero-order valence-corrected chi connectivity index (χ0v) is 13.8. The molecule has 0 saturated carbocycles. The van der Waals surface area contributed by atoms with Gasteiger partial charge in [0.15, 0.2) is 0 Å². The third-order valence-electron chi connectivity index (χ3n) is 3.14.